The van der Waals surface area contributed by atoms with E-state index in [1.807, 2.05) is 30.9 Å². The number of hydrogen-bond donors (Lipinski definition) is 1. The third-order valence-electron chi connectivity index (χ3n) is 7.83. The van der Waals surface area contributed by atoms with Crippen LogP contribution in [0.5, 0.6) is 0 Å². The van der Waals surface area contributed by atoms with E-state index in [1.54, 1.807) is 10.8 Å². The van der Waals surface area contributed by atoms with Gasteiger partial charge in [0.15, 0.2) is 0 Å². The molecular weight excluding hydrogens is 516 g/mol. The highest BCUT2D eigenvalue weighted by atomic mass is 35.5. The zero-order valence-corrected chi connectivity index (χ0v) is 24.9. The standard InChI is InChI=1S/C30H44N4O4.ClH/c1-6-7-13-34-27(35)25(17-21(2)3)31-28(36)30(34)11-15-32(16-12-30)19-23-8-9-26-24(18-23)10-14-33(26)29(37)38-20-22(4)5;/h8-10,14,18,21-22,25H,6-7,11-13,15-17,19-20H2,1-5H3,(H,31,36);1H/t25-;/m0./s1. The minimum Gasteiger partial charge on any atom is -0.449 e. The maximum atomic E-state index is 13.5. The molecule has 0 bridgehead atoms. The normalized spacial score (nSPS) is 19.6. The smallest absolute Gasteiger partial charge is 0.418 e. The van der Waals surface area contributed by atoms with Crippen molar-refractivity contribution < 1.29 is 19.1 Å². The minimum atomic E-state index is -0.742. The van der Waals surface area contributed by atoms with E-state index in [0.29, 0.717) is 38.3 Å². The summed E-state index contributed by atoms with van der Waals surface area (Å²) < 4.78 is 6.95. The molecule has 2 amide bonds. The Hall–Kier alpha value is -2.58. The zero-order valence-electron chi connectivity index (χ0n) is 24.1. The molecule has 2 saturated heterocycles. The molecule has 0 aliphatic carbocycles. The lowest BCUT2D eigenvalue weighted by molar-refractivity contribution is -0.161. The largest absolute Gasteiger partial charge is 0.449 e. The molecule has 0 saturated carbocycles. The number of nitrogens with one attached hydrogen (secondary N) is 1. The summed E-state index contributed by atoms with van der Waals surface area (Å²) in [5, 5.41) is 4.08. The third-order valence-corrected chi connectivity index (χ3v) is 7.83. The number of hydrogen-bond acceptors (Lipinski definition) is 5. The number of likely N-dealkylation sites (tertiary alicyclic amines) is 1. The maximum Gasteiger partial charge on any atom is 0.418 e. The van der Waals surface area contributed by atoms with E-state index >= 15 is 0 Å². The van der Waals surface area contributed by atoms with Gasteiger partial charge in [-0.25, -0.2) is 4.79 Å². The predicted molar refractivity (Wildman–Crippen MR) is 156 cm³/mol. The van der Waals surface area contributed by atoms with Crippen molar-refractivity contribution >= 4 is 41.2 Å². The van der Waals surface area contributed by atoms with Crippen molar-refractivity contribution in [1.29, 1.82) is 0 Å². The molecule has 8 nitrogen and oxygen atoms in total. The van der Waals surface area contributed by atoms with Crippen LogP contribution in [0.4, 0.5) is 4.79 Å². The van der Waals surface area contributed by atoms with Crippen LogP contribution >= 0.6 is 12.4 Å². The molecule has 3 heterocycles. The summed E-state index contributed by atoms with van der Waals surface area (Å²) in [6, 6.07) is 7.68. The number of ether oxygens (including phenoxy) is 1. The van der Waals surface area contributed by atoms with Gasteiger partial charge < -0.3 is 15.0 Å². The number of aromatic nitrogens is 1. The summed E-state index contributed by atoms with van der Waals surface area (Å²) in [6.07, 6.45) is 5.26. The molecule has 2 aliphatic heterocycles. The Morgan fingerprint density at radius 1 is 1.10 bits per heavy atom. The molecule has 0 radical (unpaired) electrons. The highest BCUT2D eigenvalue weighted by molar-refractivity contribution is 6.00. The van der Waals surface area contributed by atoms with Crippen LogP contribution in [0.1, 0.15) is 72.3 Å². The number of amides is 2. The summed E-state index contributed by atoms with van der Waals surface area (Å²) in [7, 11) is 0. The van der Waals surface area contributed by atoms with Crippen molar-refractivity contribution in [2.45, 2.75) is 84.8 Å². The van der Waals surface area contributed by atoms with Gasteiger partial charge in [-0.3, -0.25) is 19.1 Å². The molecule has 1 atom stereocenters. The van der Waals surface area contributed by atoms with E-state index < -0.39 is 11.6 Å². The molecule has 0 unspecified atom stereocenters. The molecule has 1 aromatic carbocycles. The molecule has 1 N–H and O–H groups in total. The quantitative estimate of drug-likeness (QED) is 0.455. The topological polar surface area (TPSA) is 83.9 Å². The van der Waals surface area contributed by atoms with Crippen molar-refractivity contribution in [3.8, 4) is 0 Å². The number of piperazine rings is 1. The first-order valence-electron chi connectivity index (χ1n) is 14.3. The Morgan fingerprint density at radius 2 is 1.82 bits per heavy atom. The summed E-state index contributed by atoms with van der Waals surface area (Å²) in [4.78, 5) is 43.7. The number of rotatable bonds is 9. The number of unbranched alkanes of at least 4 members (excludes halogenated alkanes) is 1. The summed E-state index contributed by atoms with van der Waals surface area (Å²) in [6.45, 7) is 13.6. The number of nitrogens with zero attached hydrogens (tertiary/aromatic N) is 3. The summed E-state index contributed by atoms with van der Waals surface area (Å²) in [5.74, 6) is 0.731. The number of carbonyl (C=O) groups is 3. The molecular formula is C30H45ClN4O4. The second kappa shape index (κ2) is 13.2. The SMILES string of the molecule is CCCCN1C(=O)[C@H](CC(C)C)NC(=O)C12CCN(Cc1ccc3c(ccn3C(=O)OCC(C)C)c1)CC2.Cl. The van der Waals surface area contributed by atoms with Gasteiger partial charge in [0.05, 0.1) is 12.1 Å². The first kappa shape index (κ1) is 31.0. The fourth-order valence-electron chi connectivity index (χ4n) is 5.74. The highest BCUT2D eigenvalue weighted by Crippen LogP contribution is 2.35. The fourth-order valence-corrected chi connectivity index (χ4v) is 5.74. The van der Waals surface area contributed by atoms with Gasteiger partial charge in [0.25, 0.3) is 0 Å². The minimum absolute atomic E-state index is 0. The van der Waals surface area contributed by atoms with Crippen molar-refractivity contribution in [2.24, 2.45) is 11.8 Å². The molecule has 2 aromatic rings. The molecule has 1 aromatic heterocycles. The van der Waals surface area contributed by atoms with Gasteiger partial charge in [-0.2, -0.15) is 0 Å². The number of benzene rings is 1. The second-order valence-corrected chi connectivity index (χ2v) is 11.9. The summed E-state index contributed by atoms with van der Waals surface area (Å²) >= 11 is 0. The van der Waals surface area contributed by atoms with Crippen LogP contribution in [0.15, 0.2) is 30.5 Å². The van der Waals surface area contributed by atoms with Crippen LogP contribution in [0.2, 0.25) is 0 Å². The number of piperidine rings is 1. The number of fused-ring (bicyclic) bond motifs is 1. The Bertz CT molecular complexity index is 1150. The summed E-state index contributed by atoms with van der Waals surface area (Å²) in [5.41, 5.74) is 1.25. The first-order chi connectivity index (χ1) is 18.1. The van der Waals surface area contributed by atoms with Crippen molar-refractivity contribution in [1.82, 2.24) is 19.7 Å². The second-order valence-electron chi connectivity index (χ2n) is 11.9. The van der Waals surface area contributed by atoms with Gasteiger partial charge in [-0.15, -0.1) is 12.4 Å². The highest BCUT2D eigenvalue weighted by Gasteiger charge is 2.53. The van der Waals surface area contributed by atoms with Gasteiger partial charge in [0.1, 0.15) is 11.6 Å². The fraction of sp³-hybridized carbons (Fsp3) is 0.633. The van der Waals surface area contributed by atoms with Gasteiger partial charge in [0, 0.05) is 37.8 Å². The lowest BCUT2D eigenvalue weighted by atomic mass is 9.80. The first-order valence-corrected chi connectivity index (χ1v) is 14.3. The average Bonchev–Trinajstić information content (AvgIpc) is 3.30. The Kier molecular flexibility index (Phi) is 10.5. The number of halogens is 1. The maximum absolute atomic E-state index is 13.5. The average molecular weight is 561 g/mol. The van der Waals surface area contributed by atoms with Crippen molar-refractivity contribution in [3.63, 3.8) is 0 Å². The van der Waals surface area contributed by atoms with Crippen LogP contribution in [-0.4, -0.2) is 70.1 Å². The molecule has 2 aliphatic rings. The molecule has 1 spiro atoms. The monoisotopic (exact) mass is 560 g/mol. The van der Waals surface area contributed by atoms with Gasteiger partial charge in [-0.05, 0) is 61.3 Å². The molecule has 4 rings (SSSR count). The lowest BCUT2D eigenvalue weighted by Crippen LogP contribution is -2.73. The number of carbonyl (C=O) groups excluding carboxylic acids is 3. The van der Waals surface area contributed by atoms with Crippen molar-refractivity contribution in [3.05, 3.63) is 36.0 Å². The van der Waals surface area contributed by atoms with Gasteiger partial charge in [-0.1, -0.05) is 47.1 Å². The predicted octanol–water partition coefficient (Wildman–Crippen LogP) is 5.21. The van der Waals surface area contributed by atoms with Crippen LogP contribution in [-0.2, 0) is 20.9 Å². The van der Waals surface area contributed by atoms with Crippen LogP contribution < -0.4 is 5.32 Å². The van der Waals surface area contributed by atoms with Crippen LogP contribution in [0.3, 0.4) is 0 Å². The van der Waals surface area contributed by atoms with Gasteiger partial charge >= 0.3 is 6.09 Å². The van der Waals surface area contributed by atoms with E-state index in [2.05, 4.69) is 43.1 Å². The Labute approximate surface area is 238 Å². The van der Waals surface area contributed by atoms with E-state index in [-0.39, 0.29) is 36.2 Å². The van der Waals surface area contributed by atoms with Crippen LogP contribution in [0.25, 0.3) is 10.9 Å². The molecule has 39 heavy (non-hydrogen) atoms. The molecule has 216 valence electrons. The molecule has 2 fully saturated rings. The van der Waals surface area contributed by atoms with E-state index in [4.69, 9.17) is 4.74 Å². The van der Waals surface area contributed by atoms with Gasteiger partial charge in [0.2, 0.25) is 11.8 Å². The van der Waals surface area contributed by atoms with E-state index in [9.17, 15) is 14.4 Å². The van der Waals surface area contributed by atoms with E-state index in [0.717, 1.165) is 48.9 Å². The van der Waals surface area contributed by atoms with E-state index in [1.165, 1.54) is 0 Å². The lowest BCUT2D eigenvalue weighted by Gasteiger charge is -2.52. The Morgan fingerprint density at radius 3 is 2.46 bits per heavy atom. The molecule has 9 heteroatoms. The van der Waals surface area contributed by atoms with Crippen molar-refractivity contribution in [2.75, 3.05) is 26.2 Å². The van der Waals surface area contributed by atoms with Crippen LogP contribution in [0, 0.1) is 11.8 Å². The zero-order chi connectivity index (χ0) is 27.4. The Balaban J connectivity index is 0.00000420. The third kappa shape index (κ3) is 6.77.